The van der Waals surface area contributed by atoms with Gasteiger partial charge in [0, 0.05) is 17.3 Å². The van der Waals surface area contributed by atoms with E-state index >= 15 is 0 Å². The van der Waals surface area contributed by atoms with Gasteiger partial charge in [0.05, 0.1) is 4.88 Å². The predicted molar refractivity (Wildman–Crippen MR) is 106 cm³/mol. The molecule has 2 N–H and O–H groups in total. The SMILES string of the molecule is O=C(Cn1nnc(-c2ccc(NC(=O)c3cccs3)cc2)n1)NC1CCCC1. The average molecular weight is 396 g/mol. The molecule has 1 aliphatic rings. The molecule has 2 heterocycles. The zero-order valence-corrected chi connectivity index (χ0v) is 16.0. The van der Waals surface area contributed by atoms with E-state index in [2.05, 4.69) is 26.0 Å². The molecule has 3 aromatic rings. The Bertz CT molecular complexity index is 945. The highest BCUT2D eigenvalue weighted by Crippen LogP contribution is 2.19. The van der Waals surface area contributed by atoms with E-state index in [1.54, 1.807) is 18.2 Å². The second-order valence-electron chi connectivity index (χ2n) is 6.70. The van der Waals surface area contributed by atoms with Crippen molar-refractivity contribution in [2.24, 2.45) is 0 Å². The summed E-state index contributed by atoms with van der Waals surface area (Å²) in [6.45, 7) is 0.0540. The van der Waals surface area contributed by atoms with Crippen LogP contribution in [0.4, 0.5) is 5.69 Å². The van der Waals surface area contributed by atoms with E-state index in [0.29, 0.717) is 16.4 Å². The molecule has 0 bridgehead atoms. The topological polar surface area (TPSA) is 102 Å². The molecular formula is C19H20N6O2S. The lowest BCUT2D eigenvalue weighted by molar-refractivity contribution is -0.122. The Hall–Kier alpha value is -3.07. The molecule has 0 atom stereocenters. The molecular weight excluding hydrogens is 376 g/mol. The van der Waals surface area contributed by atoms with Gasteiger partial charge in [0.2, 0.25) is 11.7 Å². The molecule has 0 aliphatic heterocycles. The summed E-state index contributed by atoms with van der Waals surface area (Å²) in [5.74, 6) is 0.201. The number of rotatable bonds is 6. The van der Waals surface area contributed by atoms with Crippen LogP contribution in [0.1, 0.15) is 35.4 Å². The number of thiophene rings is 1. The fourth-order valence-corrected chi connectivity index (χ4v) is 3.82. The average Bonchev–Trinajstić information content (AvgIpc) is 3.45. The minimum absolute atomic E-state index is 0.0540. The van der Waals surface area contributed by atoms with Gasteiger partial charge in [0.25, 0.3) is 5.91 Å². The summed E-state index contributed by atoms with van der Waals surface area (Å²) in [6.07, 6.45) is 4.41. The largest absolute Gasteiger partial charge is 0.352 e. The van der Waals surface area contributed by atoms with Crippen LogP contribution in [-0.4, -0.2) is 38.1 Å². The second-order valence-corrected chi connectivity index (χ2v) is 7.65. The van der Waals surface area contributed by atoms with Gasteiger partial charge in [-0.1, -0.05) is 18.9 Å². The molecule has 0 saturated heterocycles. The summed E-state index contributed by atoms with van der Waals surface area (Å²) in [4.78, 5) is 26.1. The van der Waals surface area contributed by atoms with Crippen molar-refractivity contribution in [3.63, 3.8) is 0 Å². The first-order chi connectivity index (χ1) is 13.7. The van der Waals surface area contributed by atoms with E-state index in [0.717, 1.165) is 18.4 Å². The Kier molecular flexibility index (Phi) is 5.43. The standard InChI is InChI=1S/C19H20N6O2S/c26-17(20-14-4-1-2-5-14)12-25-23-18(22-24-25)13-7-9-15(10-8-13)21-19(27)16-6-3-11-28-16/h3,6-11,14H,1-2,4-5,12H2,(H,20,26)(H,21,27). The monoisotopic (exact) mass is 396 g/mol. The van der Waals surface area contributed by atoms with E-state index in [4.69, 9.17) is 0 Å². The van der Waals surface area contributed by atoms with Gasteiger partial charge in [-0.25, -0.2) is 0 Å². The van der Waals surface area contributed by atoms with Crippen molar-refractivity contribution in [2.45, 2.75) is 38.3 Å². The van der Waals surface area contributed by atoms with Crippen molar-refractivity contribution in [3.8, 4) is 11.4 Å². The minimum Gasteiger partial charge on any atom is -0.352 e. The summed E-state index contributed by atoms with van der Waals surface area (Å²) < 4.78 is 0. The first-order valence-electron chi connectivity index (χ1n) is 9.20. The van der Waals surface area contributed by atoms with Gasteiger partial charge >= 0.3 is 0 Å². The molecule has 1 saturated carbocycles. The lowest BCUT2D eigenvalue weighted by Crippen LogP contribution is -2.35. The van der Waals surface area contributed by atoms with E-state index in [1.165, 1.54) is 29.0 Å². The van der Waals surface area contributed by atoms with Crippen molar-refractivity contribution in [2.75, 3.05) is 5.32 Å². The molecule has 1 aromatic carbocycles. The molecule has 0 spiro atoms. The molecule has 1 aliphatic carbocycles. The van der Waals surface area contributed by atoms with Crippen LogP contribution in [-0.2, 0) is 11.3 Å². The van der Waals surface area contributed by atoms with Crippen LogP contribution in [0.5, 0.6) is 0 Å². The van der Waals surface area contributed by atoms with Crippen LogP contribution < -0.4 is 10.6 Å². The highest BCUT2D eigenvalue weighted by atomic mass is 32.1. The Balaban J connectivity index is 1.35. The van der Waals surface area contributed by atoms with Gasteiger partial charge in [-0.05, 0) is 53.8 Å². The molecule has 28 heavy (non-hydrogen) atoms. The lowest BCUT2D eigenvalue weighted by Gasteiger charge is -2.10. The molecule has 144 valence electrons. The van der Waals surface area contributed by atoms with Gasteiger partial charge in [-0.3, -0.25) is 9.59 Å². The maximum absolute atomic E-state index is 12.1. The fourth-order valence-electron chi connectivity index (χ4n) is 3.20. The third kappa shape index (κ3) is 4.42. The molecule has 1 fully saturated rings. The van der Waals surface area contributed by atoms with Crippen molar-refractivity contribution >= 4 is 28.8 Å². The number of nitrogens with zero attached hydrogens (tertiary/aromatic N) is 4. The maximum atomic E-state index is 12.1. The Labute approximate surface area is 166 Å². The zero-order chi connectivity index (χ0) is 19.3. The van der Waals surface area contributed by atoms with Gasteiger partial charge in [0.1, 0.15) is 6.54 Å². The number of carbonyl (C=O) groups excluding carboxylic acids is 2. The fraction of sp³-hybridized carbons (Fsp3) is 0.316. The number of amides is 2. The summed E-state index contributed by atoms with van der Waals surface area (Å²) in [5, 5.41) is 20.0. The van der Waals surface area contributed by atoms with Gasteiger partial charge in [-0.15, -0.1) is 21.5 Å². The number of hydrogen-bond donors (Lipinski definition) is 2. The number of tetrazole rings is 1. The minimum atomic E-state index is -0.139. The van der Waals surface area contributed by atoms with Crippen LogP contribution >= 0.6 is 11.3 Å². The maximum Gasteiger partial charge on any atom is 0.265 e. The number of hydrogen-bond acceptors (Lipinski definition) is 6. The Morgan fingerprint density at radius 1 is 1.14 bits per heavy atom. The van der Waals surface area contributed by atoms with Crippen LogP contribution in [0.15, 0.2) is 41.8 Å². The van der Waals surface area contributed by atoms with Gasteiger partial charge in [-0.2, -0.15) is 4.80 Å². The summed E-state index contributed by atoms with van der Waals surface area (Å²) in [5.41, 5.74) is 1.45. The number of benzene rings is 1. The third-order valence-corrected chi connectivity index (χ3v) is 5.47. The number of aromatic nitrogens is 4. The molecule has 0 radical (unpaired) electrons. The summed E-state index contributed by atoms with van der Waals surface area (Å²) in [7, 11) is 0. The van der Waals surface area contributed by atoms with Crippen LogP contribution in [0.2, 0.25) is 0 Å². The van der Waals surface area contributed by atoms with Crippen LogP contribution in [0.25, 0.3) is 11.4 Å². The zero-order valence-electron chi connectivity index (χ0n) is 15.2. The van der Waals surface area contributed by atoms with E-state index in [-0.39, 0.29) is 24.4 Å². The van der Waals surface area contributed by atoms with Crippen molar-refractivity contribution in [3.05, 3.63) is 46.7 Å². The second kappa shape index (κ2) is 8.30. The Morgan fingerprint density at radius 3 is 2.64 bits per heavy atom. The van der Waals surface area contributed by atoms with E-state index in [9.17, 15) is 9.59 Å². The number of anilines is 1. The first-order valence-corrected chi connectivity index (χ1v) is 10.1. The highest BCUT2D eigenvalue weighted by molar-refractivity contribution is 7.12. The van der Waals surface area contributed by atoms with Crippen LogP contribution in [0, 0.1) is 0 Å². The van der Waals surface area contributed by atoms with Crippen molar-refractivity contribution in [1.29, 1.82) is 0 Å². The van der Waals surface area contributed by atoms with Gasteiger partial charge in [0.15, 0.2) is 0 Å². The predicted octanol–water partition coefficient (Wildman–Crippen LogP) is 2.71. The number of carbonyl (C=O) groups is 2. The van der Waals surface area contributed by atoms with Crippen molar-refractivity contribution < 1.29 is 9.59 Å². The van der Waals surface area contributed by atoms with Crippen LogP contribution in [0.3, 0.4) is 0 Å². The molecule has 8 nitrogen and oxygen atoms in total. The molecule has 4 rings (SSSR count). The Morgan fingerprint density at radius 2 is 1.93 bits per heavy atom. The smallest absolute Gasteiger partial charge is 0.265 e. The normalized spacial score (nSPS) is 14.1. The summed E-state index contributed by atoms with van der Waals surface area (Å²) >= 11 is 1.39. The molecule has 2 aromatic heterocycles. The van der Waals surface area contributed by atoms with Crippen molar-refractivity contribution in [1.82, 2.24) is 25.5 Å². The first kappa shape index (κ1) is 18.3. The molecule has 0 unspecified atom stereocenters. The van der Waals surface area contributed by atoms with Gasteiger partial charge < -0.3 is 10.6 Å². The van der Waals surface area contributed by atoms with E-state index < -0.39 is 0 Å². The number of nitrogens with one attached hydrogen (secondary N) is 2. The quantitative estimate of drug-likeness (QED) is 0.667. The third-order valence-electron chi connectivity index (χ3n) is 4.60. The molecule has 2 amide bonds. The summed E-state index contributed by atoms with van der Waals surface area (Å²) in [6, 6.07) is 11.1. The lowest BCUT2D eigenvalue weighted by atomic mass is 10.2. The molecule has 9 heteroatoms. The highest BCUT2D eigenvalue weighted by Gasteiger charge is 2.18. The van der Waals surface area contributed by atoms with E-state index in [1.807, 2.05) is 23.6 Å².